The number of nitrogens with zero attached hydrogens (tertiary/aromatic N) is 1. The highest BCUT2D eigenvalue weighted by Gasteiger charge is 2.44. The van der Waals surface area contributed by atoms with Gasteiger partial charge in [-0.2, -0.15) is 0 Å². The first-order chi connectivity index (χ1) is 12.8. The van der Waals surface area contributed by atoms with E-state index in [1.165, 1.54) is 37.3 Å². The Labute approximate surface area is 164 Å². The van der Waals surface area contributed by atoms with Crippen molar-refractivity contribution in [3.05, 3.63) is 69.0 Å². The van der Waals surface area contributed by atoms with Gasteiger partial charge in [0.1, 0.15) is 17.3 Å². The summed E-state index contributed by atoms with van der Waals surface area (Å²) < 4.78 is 18.9. The van der Waals surface area contributed by atoms with E-state index in [0.717, 1.165) is 12.1 Å². The van der Waals surface area contributed by atoms with Gasteiger partial charge in [-0.05, 0) is 35.9 Å². The number of likely N-dealkylation sites (N-methyl/N-ethyl adjacent to an activating group) is 1. The van der Waals surface area contributed by atoms with Crippen molar-refractivity contribution in [2.45, 2.75) is 6.04 Å². The molecule has 2 aromatic rings. The zero-order valence-corrected chi connectivity index (χ0v) is 15.8. The van der Waals surface area contributed by atoms with Gasteiger partial charge in [0, 0.05) is 7.05 Å². The van der Waals surface area contributed by atoms with Gasteiger partial charge in [-0.1, -0.05) is 29.3 Å². The number of benzene rings is 2. The van der Waals surface area contributed by atoms with E-state index < -0.39 is 29.3 Å². The Balaban J connectivity index is 2.25. The second kappa shape index (κ2) is 7.21. The third-order valence-electron chi connectivity index (χ3n) is 4.35. The Morgan fingerprint density at radius 2 is 1.85 bits per heavy atom. The minimum atomic E-state index is -0.909. The first kappa shape index (κ1) is 19.2. The summed E-state index contributed by atoms with van der Waals surface area (Å²) in [6.07, 6.45) is 0. The molecule has 1 fully saturated rings. The number of hydrogen-bond donors (Lipinski definition) is 1. The summed E-state index contributed by atoms with van der Waals surface area (Å²) in [6, 6.07) is 7.23. The number of hydrogen-bond acceptors (Lipinski definition) is 4. The van der Waals surface area contributed by atoms with Crippen molar-refractivity contribution in [2.24, 2.45) is 0 Å². The van der Waals surface area contributed by atoms with Crippen molar-refractivity contribution in [1.29, 1.82) is 0 Å². The molecule has 1 aliphatic heterocycles. The Morgan fingerprint density at radius 3 is 2.48 bits per heavy atom. The zero-order chi connectivity index (χ0) is 19.9. The van der Waals surface area contributed by atoms with E-state index in [1.54, 1.807) is 6.07 Å². The number of carbonyl (C=O) groups is 2. The predicted octanol–water partition coefficient (Wildman–Crippen LogP) is 4.19. The number of aliphatic hydroxyl groups is 1. The number of ether oxygens (including phenoxy) is 1. The van der Waals surface area contributed by atoms with Crippen LogP contribution in [-0.2, 0) is 9.59 Å². The molecule has 27 heavy (non-hydrogen) atoms. The number of rotatable bonds is 3. The minimum Gasteiger partial charge on any atom is -0.507 e. The van der Waals surface area contributed by atoms with Crippen molar-refractivity contribution in [3.63, 3.8) is 0 Å². The topological polar surface area (TPSA) is 66.8 Å². The molecule has 0 saturated carbocycles. The molecule has 0 bridgehead atoms. The molecule has 1 heterocycles. The average Bonchev–Trinajstić information content (AvgIpc) is 2.87. The van der Waals surface area contributed by atoms with E-state index in [1.807, 2.05) is 0 Å². The number of likely N-dealkylation sites (tertiary alicyclic amines) is 1. The fourth-order valence-electron chi connectivity index (χ4n) is 3.03. The number of amides is 1. The van der Waals surface area contributed by atoms with Crippen LogP contribution in [0, 0.1) is 5.82 Å². The van der Waals surface area contributed by atoms with Gasteiger partial charge >= 0.3 is 0 Å². The summed E-state index contributed by atoms with van der Waals surface area (Å²) in [6.45, 7) is 0. The number of ketones is 1. The standard InChI is InChI=1S/C19H14Cl2FNO4/c1-23-16(9-3-5-12(20)13(21)7-9)15(18(25)19(23)26)17(24)11-8-10(22)4-6-14(11)27-2/h3-8,16,24H,1-2H3/b17-15+. The fourth-order valence-corrected chi connectivity index (χ4v) is 3.34. The highest BCUT2D eigenvalue weighted by Crippen LogP contribution is 2.41. The van der Waals surface area contributed by atoms with Crippen LogP contribution in [0.5, 0.6) is 5.75 Å². The van der Waals surface area contributed by atoms with E-state index in [0.29, 0.717) is 10.6 Å². The Morgan fingerprint density at radius 1 is 1.15 bits per heavy atom. The molecular weight excluding hydrogens is 396 g/mol. The van der Waals surface area contributed by atoms with Crippen LogP contribution in [0.2, 0.25) is 10.0 Å². The quantitative estimate of drug-likeness (QED) is 0.468. The lowest BCUT2D eigenvalue weighted by molar-refractivity contribution is -0.139. The predicted molar refractivity (Wildman–Crippen MR) is 99.5 cm³/mol. The van der Waals surface area contributed by atoms with Crippen molar-refractivity contribution in [1.82, 2.24) is 4.90 Å². The maximum absolute atomic E-state index is 13.7. The van der Waals surface area contributed by atoms with E-state index in [2.05, 4.69) is 0 Å². The van der Waals surface area contributed by atoms with Gasteiger partial charge in [-0.25, -0.2) is 4.39 Å². The number of carbonyl (C=O) groups excluding carboxylic acids is 2. The number of aliphatic hydroxyl groups excluding tert-OH is 1. The lowest BCUT2D eigenvalue weighted by Gasteiger charge is -2.21. The van der Waals surface area contributed by atoms with Crippen molar-refractivity contribution in [2.75, 3.05) is 14.2 Å². The van der Waals surface area contributed by atoms with Crippen LogP contribution in [0.4, 0.5) is 4.39 Å². The summed E-state index contributed by atoms with van der Waals surface area (Å²) in [7, 11) is 2.77. The van der Waals surface area contributed by atoms with Gasteiger partial charge in [-0.3, -0.25) is 9.59 Å². The maximum atomic E-state index is 13.7. The van der Waals surface area contributed by atoms with Crippen LogP contribution in [0.15, 0.2) is 42.0 Å². The van der Waals surface area contributed by atoms with E-state index in [4.69, 9.17) is 27.9 Å². The maximum Gasteiger partial charge on any atom is 0.295 e. The summed E-state index contributed by atoms with van der Waals surface area (Å²) >= 11 is 12.0. The Kier molecular flexibility index (Phi) is 5.13. The van der Waals surface area contributed by atoms with E-state index in [9.17, 15) is 19.1 Å². The first-order valence-electron chi connectivity index (χ1n) is 7.79. The van der Waals surface area contributed by atoms with Gasteiger partial charge in [0.15, 0.2) is 0 Å². The summed E-state index contributed by atoms with van der Waals surface area (Å²) in [5, 5.41) is 11.3. The molecule has 5 nitrogen and oxygen atoms in total. The lowest BCUT2D eigenvalue weighted by atomic mass is 9.95. The monoisotopic (exact) mass is 409 g/mol. The summed E-state index contributed by atoms with van der Waals surface area (Å²) in [5.41, 5.74) is 0.252. The Hall–Kier alpha value is -2.57. The van der Waals surface area contributed by atoms with Crippen LogP contribution in [0.3, 0.4) is 0 Å². The second-order valence-electron chi connectivity index (χ2n) is 5.93. The smallest absolute Gasteiger partial charge is 0.295 e. The van der Waals surface area contributed by atoms with Crippen LogP contribution >= 0.6 is 23.2 Å². The molecule has 3 rings (SSSR count). The van der Waals surface area contributed by atoms with Crippen LogP contribution in [-0.4, -0.2) is 35.9 Å². The normalized spacial score (nSPS) is 18.9. The largest absolute Gasteiger partial charge is 0.507 e. The average molecular weight is 410 g/mol. The molecule has 0 aromatic heterocycles. The highest BCUT2D eigenvalue weighted by molar-refractivity contribution is 6.46. The van der Waals surface area contributed by atoms with Gasteiger partial charge in [-0.15, -0.1) is 0 Å². The van der Waals surface area contributed by atoms with Crippen molar-refractivity contribution < 1.29 is 23.8 Å². The lowest BCUT2D eigenvalue weighted by Crippen LogP contribution is -2.24. The van der Waals surface area contributed by atoms with E-state index in [-0.39, 0.29) is 21.9 Å². The molecule has 1 saturated heterocycles. The number of methoxy groups -OCH3 is 1. The SMILES string of the molecule is COc1ccc(F)cc1/C(O)=C1\C(=O)C(=O)N(C)C1c1ccc(Cl)c(Cl)c1. The molecule has 0 radical (unpaired) electrons. The molecule has 1 atom stereocenters. The molecular formula is C19H14Cl2FNO4. The minimum absolute atomic E-state index is 0.0333. The molecule has 0 aliphatic carbocycles. The summed E-state index contributed by atoms with van der Waals surface area (Å²) in [4.78, 5) is 26.0. The van der Waals surface area contributed by atoms with Crippen molar-refractivity contribution >= 4 is 40.7 Å². The summed E-state index contributed by atoms with van der Waals surface area (Å²) in [5.74, 6) is -2.70. The number of Topliss-reactive ketones (excluding diaryl/α,β-unsaturated/α-hetero) is 1. The van der Waals surface area contributed by atoms with E-state index >= 15 is 0 Å². The molecule has 1 unspecified atom stereocenters. The van der Waals surface area contributed by atoms with Crippen LogP contribution < -0.4 is 4.74 Å². The number of halogens is 3. The molecule has 1 amide bonds. The van der Waals surface area contributed by atoms with Crippen LogP contribution in [0.25, 0.3) is 5.76 Å². The molecule has 2 aromatic carbocycles. The molecule has 8 heteroatoms. The fraction of sp³-hybridized carbons (Fsp3) is 0.158. The van der Waals surface area contributed by atoms with Gasteiger partial charge < -0.3 is 14.7 Å². The molecule has 1 N–H and O–H groups in total. The Bertz CT molecular complexity index is 990. The third-order valence-corrected chi connectivity index (χ3v) is 5.09. The highest BCUT2D eigenvalue weighted by atomic mass is 35.5. The first-order valence-corrected chi connectivity index (χ1v) is 8.55. The molecule has 140 valence electrons. The van der Waals surface area contributed by atoms with Gasteiger partial charge in [0.25, 0.3) is 11.7 Å². The van der Waals surface area contributed by atoms with Crippen molar-refractivity contribution in [3.8, 4) is 5.75 Å². The van der Waals surface area contributed by atoms with Gasteiger partial charge in [0.05, 0.1) is 34.3 Å². The molecule has 0 spiro atoms. The van der Waals surface area contributed by atoms with Gasteiger partial charge in [0.2, 0.25) is 0 Å². The van der Waals surface area contributed by atoms with Crippen LogP contribution in [0.1, 0.15) is 17.2 Å². The third kappa shape index (κ3) is 3.26. The zero-order valence-electron chi connectivity index (χ0n) is 14.3. The molecule has 1 aliphatic rings. The second-order valence-corrected chi connectivity index (χ2v) is 6.74.